The van der Waals surface area contributed by atoms with E-state index in [2.05, 4.69) is 13.2 Å². The minimum absolute atomic E-state index is 0.133. The lowest BCUT2D eigenvalue weighted by atomic mass is 10.1. The largest absolute Gasteiger partial charge is 0.494 e. The minimum atomic E-state index is -0.542. The number of ether oxygens (including phenoxy) is 7. The van der Waals surface area contributed by atoms with Gasteiger partial charge in [0, 0.05) is 18.6 Å². The lowest BCUT2D eigenvalue weighted by Gasteiger charge is -2.09. The highest BCUT2D eigenvalue weighted by Gasteiger charge is 2.13. The third-order valence-electron chi connectivity index (χ3n) is 9.18. The Kier molecular flexibility index (Phi) is 20.9. The smallest absolute Gasteiger partial charge is 0.343 e. The second kappa shape index (κ2) is 27.1. The van der Waals surface area contributed by atoms with Gasteiger partial charge in [0.05, 0.1) is 49.7 Å². The van der Waals surface area contributed by atoms with Crippen LogP contribution < -0.4 is 18.9 Å². The van der Waals surface area contributed by atoms with Gasteiger partial charge in [-0.25, -0.2) is 24.0 Å². The molecule has 61 heavy (non-hydrogen) atoms. The number of hydrogen-bond acceptors (Lipinski definition) is 12. The first-order chi connectivity index (χ1) is 29.7. The molecule has 12 heteroatoms. The second-order valence-electron chi connectivity index (χ2n) is 13.9. The molecule has 4 aromatic rings. The molecule has 0 heterocycles. The van der Waals surface area contributed by atoms with Crippen molar-refractivity contribution in [1.82, 2.24) is 0 Å². The Hall–Kier alpha value is -6.69. The molecule has 4 aromatic carbocycles. The Morgan fingerprint density at radius 3 is 1.13 bits per heavy atom. The number of hydrogen-bond donors (Lipinski definition) is 0. The van der Waals surface area contributed by atoms with Gasteiger partial charge in [0.1, 0.15) is 23.0 Å². The van der Waals surface area contributed by atoms with Crippen molar-refractivity contribution < 1.29 is 57.1 Å². The zero-order chi connectivity index (χ0) is 43.5. The van der Waals surface area contributed by atoms with Crippen molar-refractivity contribution in [2.75, 3.05) is 33.0 Å². The van der Waals surface area contributed by atoms with Crippen LogP contribution in [0.3, 0.4) is 0 Å². The molecule has 0 saturated carbocycles. The molecule has 0 aliphatic carbocycles. The molecule has 0 spiro atoms. The molecular formula is C49H54O12. The number of carbonyl (C=O) groups excluding carboxylic acids is 5. The summed E-state index contributed by atoms with van der Waals surface area (Å²) in [6, 6.07) is 26.6. The topological polar surface area (TPSA) is 150 Å². The zero-order valence-corrected chi connectivity index (χ0v) is 34.5. The highest BCUT2D eigenvalue weighted by atomic mass is 16.5. The number of rotatable bonds is 28. The van der Waals surface area contributed by atoms with Crippen LogP contribution in [-0.4, -0.2) is 62.9 Å². The molecule has 0 radical (unpaired) electrons. The fourth-order valence-corrected chi connectivity index (χ4v) is 5.75. The van der Waals surface area contributed by atoms with Crippen molar-refractivity contribution >= 4 is 29.8 Å². The van der Waals surface area contributed by atoms with Crippen LogP contribution in [0.4, 0.5) is 0 Å². The average molecular weight is 835 g/mol. The van der Waals surface area contributed by atoms with Crippen molar-refractivity contribution in [3.63, 3.8) is 0 Å². The summed E-state index contributed by atoms with van der Waals surface area (Å²) in [5.74, 6) is -0.358. The standard InChI is InChI=1S/C49H54O12/c1-3-45(50)57-34-13-9-5-7-11-32-55-41-25-17-39(18-26-41)48(53)60-43-23-15-37(16-24-43)31-36-59-47(52)38-21-29-44(30-22-38)61-49(54)40-19-27-42(28-20-40)56-33-12-8-6-10-14-35-58-46(51)4-2/h3-4,15-30H,1-2,5-14,31-36H2. The van der Waals surface area contributed by atoms with Gasteiger partial charge in [-0.15, -0.1) is 0 Å². The molecule has 4 rings (SSSR count). The van der Waals surface area contributed by atoms with Gasteiger partial charge in [0.25, 0.3) is 0 Å². The molecule has 12 nitrogen and oxygen atoms in total. The van der Waals surface area contributed by atoms with E-state index in [1.807, 2.05) is 0 Å². The van der Waals surface area contributed by atoms with E-state index in [-0.39, 0.29) is 12.4 Å². The fraction of sp³-hybridized carbons (Fsp3) is 0.327. The maximum atomic E-state index is 12.7. The summed E-state index contributed by atoms with van der Waals surface area (Å²) >= 11 is 0. The van der Waals surface area contributed by atoms with E-state index in [1.54, 1.807) is 72.8 Å². The monoisotopic (exact) mass is 834 g/mol. The molecule has 0 amide bonds. The van der Waals surface area contributed by atoms with Gasteiger partial charge >= 0.3 is 29.8 Å². The van der Waals surface area contributed by atoms with Gasteiger partial charge in [0.15, 0.2) is 0 Å². The summed E-state index contributed by atoms with van der Waals surface area (Å²) in [6.45, 7) is 8.80. The number of esters is 5. The van der Waals surface area contributed by atoms with Crippen LogP contribution in [0.15, 0.2) is 122 Å². The molecular weight excluding hydrogens is 781 g/mol. The van der Waals surface area contributed by atoms with Crippen LogP contribution in [0.2, 0.25) is 0 Å². The molecule has 0 N–H and O–H groups in total. The van der Waals surface area contributed by atoms with Gasteiger partial charge in [-0.2, -0.15) is 0 Å². The highest BCUT2D eigenvalue weighted by molar-refractivity contribution is 5.92. The predicted octanol–water partition coefficient (Wildman–Crippen LogP) is 9.64. The summed E-state index contributed by atoms with van der Waals surface area (Å²) < 4.78 is 37.9. The van der Waals surface area contributed by atoms with E-state index < -0.39 is 29.8 Å². The number of benzene rings is 4. The summed E-state index contributed by atoms with van der Waals surface area (Å²) in [4.78, 5) is 60.1. The minimum Gasteiger partial charge on any atom is -0.494 e. The third kappa shape index (κ3) is 18.4. The SMILES string of the molecule is C=CC(=O)OCCCCCCCOc1ccc(C(=O)Oc2ccc(CCOC(=O)c3ccc(OC(=O)c4ccc(OCCCCCCCOC(=O)C=C)cc4)cc3)cc2)cc1. The number of unbranched alkanes of at least 4 members (excludes halogenated alkanes) is 8. The van der Waals surface area contributed by atoms with Gasteiger partial charge in [-0.05, 0) is 116 Å². The van der Waals surface area contributed by atoms with Gasteiger partial charge in [-0.1, -0.05) is 63.8 Å². The normalized spacial score (nSPS) is 10.5. The van der Waals surface area contributed by atoms with Gasteiger partial charge < -0.3 is 33.2 Å². The molecule has 0 unspecified atom stereocenters. The van der Waals surface area contributed by atoms with Crippen LogP contribution in [-0.2, 0) is 30.2 Å². The third-order valence-corrected chi connectivity index (χ3v) is 9.18. The number of carbonyl (C=O) groups is 5. The summed E-state index contributed by atoms with van der Waals surface area (Å²) in [5, 5.41) is 0. The van der Waals surface area contributed by atoms with Gasteiger partial charge in [-0.3, -0.25) is 0 Å². The van der Waals surface area contributed by atoms with Crippen molar-refractivity contribution in [1.29, 1.82) is 0 Å². The Balaban J connectivity index is 1.07. The molecule has 0 aliphatic rings. The Morgan fingerprint density at radius 2 is 0.721 bits per heavy atom. The van der Waals surface area contributed by atoms with E-state index in [0.717, 1.165) is 81.9 Å². The molecule has 0 aliphatic heterocycles. The highest BCUT2D eigenvalue weighted by Crippen LogP contribution is 2.20. The first kappa shape index (κ1) is 47.0. The van der Waals surface area contributed by atoms with E-state index in [4.69, 9.17) is 33.2 Å². The van der Waals surface area contributed by atoms with E-state index >= 15 is 0 Å². The summed E-state index contributed by atoms with van der Waals surface area (Å²) in [5.41, 5.74) is 1.95. The zero-order valence-electron chi connectivity index (χ0n) is 34.5. The summed E-state index contributed by atoms with van der Waals surface area (Å²) in [6.07, 6.45) is 12.2. The molecule has 0 atom stereocenters. The quantitative estimate of drug-likeness (QED) is 0.0176. The molecule has 0 fully saturated rings. The maximum absolute atomic E-state index is 12.7. The van der Waals surface area contributed by atoms with Crippen LogP contribution in [0.25, 0.3) is 0 Å². The lowest BCUT2D eigenvalue weighted by molar-refractivity contribution is -0.138. The fourth-order valence-electron chi connectivity index (χ4n) is 5.75. The molecule has 0 saturated heterocycles. The molecule has 322 valence electrons. The Morgan fingerprint density at radius 1 is 0.377 bits per heavy atom. The first-order valence-corrected chi connectivity index (χ1v) is 20.6. The molecule has 0 aromatic heterocycles. The second-order valence-corrected chi connectivity index (χ2v) is 13.9. The van der Waals surface area contributed by atoms with Crippen LogP contribution in [0.5, 0.6) is 23.0 Å². The summed E-state index contributed by atoms with van der Waals surface area (Å²) in [7, 11) is 0. The Labute approximate surface area is 357 Å². The molecule has 0 bridgehead atoms. The Bertz CT molecular complexity index is 1990. The first-order valence-electron chi connectivity index (χ1n) is 20.6. The van der Waals surface area contributed by atoms with E-state index in [9.17, 15) is 24.0 Å². The van der Waals surface area contributed by atoms with Crippen molar-refractivity contribution in [2.45, 2.75) is 70.6 Å². The van der Waals surface area contributed by atoms with Crippen LogP contribution in [0, 0.1) is 0 Å². The van der Waals surface area contributed by atoms with Crippen LogP contribution in [0.1, 0.15) is 101 Å². The maximum Gasteiger partial charge on any atom is 0.343 e. The van der Waals surface area contributed by atoms with Crippen molar-refractivity contribution in [3.8, 4) is 23.0 Å². The van der Waals surface area contributed by atoms with Crippen LogP contribution >= 0.6 is 0 Å². The lowest BCUT2D eigenvalue weighted by Crippen LogP contribution is -2.10. The average Bonchev–Trinajstić information content (AvgIpc) is 3.28. The van der Waals surface area contributed by atoms with E-state index in [1.165, 1.54) is 24.3 Å². The van der Waals surface area contributed by atoms with Crippen molar-refractivity contribution in [2.24, 2.45) is 0 Å². The van der Waals surface area contributed by atoms with Gasteiger partial charge in [0.2, 0.25) is 0 Å². The van der Waals surface area contributed by atoms with E-state index in [0.29, 0.717) is 66.8 Å². The van der Waals surface area contributed by atoms with Crippen molar-refractivity contribution in [3.05, 3.63) is 145 Å². The predicted molar refractivity (Wildman–Crippen MR) is 229 cm³/mol.